The Labute approximate surface area is 76.4 Å². The van der Waals surface area contributed by atoms with Gasteiger partial charge in [0.25, 0.3) is 0 Å². The number of rotatable bonds is 0. The van der Waals surface area contributed by atoms with E-state index in [0.29, 0.717) is 12.8 Å². The van der Waals surface area contributed by atoms with Crippen molar-refractivity contribution < 1.29 is 9.59 Å². The van der Waals surface area contributed by atoms with Gasteiger partial charge >= 0.3 is 0 Å². The van der Waals surface area contributed by atoms with Crippen molar-refractivity contribution in [2.24, 2.45) is 11.8 Å². The highest BCUT2D eigenvalue weighted by atomic mass is 16.2. The Balaban J connectivity index is 2.24. The second-order valence-electron chi connectivity index (χ2n) is 3.68. The number of amides is 2. The topological polar surface area (TPSA) is 58.2 Å². The first kappa shape index (κ1) is 8.29. The van der Waals surface area contributed by atoms with E-state index in [4.69, 9.17) is 0 Å². The maximum Gasteiger partial charge on any atom is 0.242 e. The highest BCUT2D eigenvalue weighted by molar-refractivity contribution is 5.93. The van der Waals surface area contributed by atoms with Crippen LogP contribution in [0.15, 0.2) is 11.6 Å². The predicted octanol–water partition coefficient (Wildman–Crippen LogP) is 0.120. The number of allylic oxidation sites excluding steroid dienone is 2. The van der Waals surface area contributed by atoms with Gasteiger partial charge in [-0.15, -0.1) is 0 Å². The molecule has 0 aromatic carbocycles. The van der Waals surface area contributed by atoms with Crippen LogP contribution in [-0.4, -0.2) is 11.8 Å². The largest absolute Gasteiger partial charge is 0.273 e. The van der Waals surface area contributed by atoms with Gasteiger partial charge in [-0.05, 0) is 19.8 Å². The predicted molar refractivity (Wildman–Crippen MR) is 46.3 cm³/mol. The zero-order valence-corrected chi connectivity index (χ0v) is 7.46. The zero-order chi connectivity index (χ0) is 9.42. The fourth-order valence-electron chi connectivity index (χ4n) is 1.94. The minimum atomic E-state index is -0.155. The molecule has 4 heteroatoms. The van der Waals surface area contributed by atoms with Crippen LogP contribution < -0.4 is 10.9 Å². The molecule has 0 aromatic heterocycles. The van der Waals surface area contributed by atoms with Gasteiger partial charge in [-0.1, -0.05) is 11.6 Å². The number of nitrogens with one attached hydrogen (secondary N) is 2. The number of hydrogen-bond acceptors (Lipinski definition) is 2. The van der Waals surface area contributed by atoms with Crippen LogP contribution in [0.4, 0.5) is 0 Å². The molecule has 1 aliphatic heterocycles. The molecule has 2 N–H and O–H groups in total. The van der Waals surface area contributed by atoms with Crippen LogP contribution in [0.5, 0.6) is 0 Å². The lowest BCUT2D eigenvalue weighted by Crippen LogP contribution is -2.56. The summed E-state index contributed by atoms with van der Waals surface area (Å²) in [6.45, 7) is 2.00. The summed E-state index contributed by atoms with van der Waals surface area (Å²) < 4.78 is 0. The average molecular weight is 180 g/mol. The standard InChI is InChI=1S/C9H12N2O2/c1-5-2-3-6-7(4-5)9(13)11-10-8(6)12/h2,6-7H,3-4H2,1H3,(H,10,12)(H,11,13). The van der Waals surface area contributed by atoms with Crippen LogP contribution in [0.1, 0.15) is 19.8 Å². The summed E-state index contributed by atoms with van der Waals surface area (Å²) in [6, 6.07) is 0. The van der Waals surface area contributed by atoms with Gasteiger partial charge in [0.15, 0.2) is 0 Å². The average Bonchev–Trinajstić information content (AvgIpc) is 2.12. The molecule has 13 heavy (non-hydrogen) atoms. The van der Waals surface area contributed by atoms with Crippen molar-refractivity contribution in [2.45, 2.75) is 19.8 Å². The SMILES string of the molecule is CC1=CCC2C(=O)NNC(=O)C2C1. The van der Waals surface area contributed by atoms with E-state index in [1.165, 1.54) is 5.57 Å². The molecule has 1 heterocycles. The fraction of sp³-hybridized carbons (Fsp3) is 0.556. The normalized spacial score (nSPS) is 32.8. The third-order valence-electron chi connectivity index (χ3n) is 2.73. The van der Waals surface area contributed by atoms with Gasteiger partial charge in [-0.3, -0.25) is 20.4 Å². The molecule has 0 spiro atoms. The van der Waals surface area contributed by atoms with Crippen molar-refractivity contribution in [3.63, 3.8) is 0 Å². The molecule has 2 amide bonds. The van der Waals surface area contributed by atoms with Gasteiger partial charge in [0.05, 0.1) is 11.8 Å². The molecule has 2 unspecified atom stereocenters. The smallest absolute Gasteiger partial charge is 0.242 e. The van der Waals surface area contributed by atoms with E-state index < -0.39 is 0 Å². The number of carbonyl (C=O) groups excluding carboxylic acids is 2. The molecule has 0 radical (unpaired) electrons. The lowest BCUT2D eigenvalue weighted by molar-refractivity contribution is -0.143. The molecule has 70 valence electrons. The van der Waals surface area contributed by atoms with Crippen LogP contribution in [0.25, 0.3) is 0 Å². The number of hydrogen-bond donors (Lipinski definition) is 2. The lowest BCUT2D eigenvalue weighted by Gasteiger charge is -2.32. The second-order valence-corrected chi connectivity index (χ2v) is 3.68. The van der Waals surface area contributed by atoms with Gasteiger partial charge < -0.3 is 0 Å². The van der Waals surface area contributed by atoms with E-state index in [9.17, 15) is 9.59 Å². The van der Waals surface area contributed by atoms with Crippen molar-refractivity contribution in [2.75, 3.05) is 0 Å². The van der Waals surface area contributed by atoms with Crippen molar-refractivity contribution in [3.05, 3.63) is 11.6 Å². The number of fused-ring (bicyclic) bond motifs is 1. The van der Waals surface area contributed by atoms with Gasteiger partial charge in [0.2, 0.25) is 11.8 Å². The molecule has 0 saturated carbocycles. The van der Waals surface area contributed by atoms with Crippen LogP contribution in [0, 0.1) is 11.8 Å². The maximum absolute atomic E-state index is 11.4. The Morgan fingerprint density at radius 3 is 2.54 bits per heavy atom. The molecule has 2 rings (SSSR count). The van der Waals surface area contributed by atoms with Crippen LogP contribution in [0.2, 0.25) is 0 Å². The fourth-order valence-corrected chi connectivity index (χ4v) is 1.94. The molecule has 0 aromatic rings. The maximum atomic E-state index is 11.4. The zero-order valence-electron chi connectivity index (χ0n) is 7.46. The van der Waals surface area contributed by atoms with E-state index in [1.807, 2.05) is 13.0 Å². The second kappa shape index (κ2) is 2.87. The van der Waals surface area contributed by atoms with E-state index in [0.717, 1.165) is 0 Å². The highest BCUT2D eigenvalue weighted by Gasteiger charge is 2.38. The molecule has 2 atom stereocenters. The quantitative estimate of drug-likeness (QED) is 0.520. The summed E-state index contributed by atoms with van der Waals surface area (Å²) in [5.74, 6) is -0.429. The van der Waals surface area contributed by atoms with Crippen LogP contribution >= 0.6 is 0 Å². The van der Waals surface area contributed by atoms with Crippen molar-refractivity contribution >= 4 is 11.8 Å². The number of carbonyl (C=O) groups is 2. The van der Waals surface area contributed by atoms with Gasteiger partial charge in [-0.25, -0.2) is 0 Å². The van der Waals surface area contributed by atoms with E-state index in [1.54, 1.807) is 0 Å². The van der Waals surface area contributed by atoms with Gasteiger partial charge in [0, 0.05) is 0 Å². The van der Waals surface area contributed by atoms with E-state index in [2.05, 4.69) is 10.9 Å². The Morgan fingerprint density at radius 2 is 1.85 bits per heavy atom. The first-order valence-electron chi connectivity index (χ1n) is 4.44. The minimum absolute atomic E-state index is 0.0583. The molecule has 1 aliphatic carbocycles. The molecular weight excluding hydrogens is 168 g/mol. The Bertz CT molecular complexity index is 296. The summed E-state index contributed by atoms with van der Waals surface area (Å²) in [4.78, 5) is 22.7. The Kier molecular flexibility index (Phi) is 1.83. The van der Waals surface area contributed by atoms with Crippen LogP contribution in [-0.2, 0) is 9.59 Å². The monoisotopic (exact) mass is 180 g/mol. The van der Waals surface area contributed by atoms with Crippen molar-refractivity contribution in [1.29, 1.82) is 0 Å². The molecule has 0 bridgehead atoms. The van der Waals surface area contributed by atoms with E-state index in [-0.39, 0.29) is 23.7 Å². The summed E-state index contributed by atoms with van der Waals surface area (Å²) in [7, 11) is 0. The highest BCUT2D eigenvalue weighted by Crippen LogP contribution is 2.31. The third kappa shape index (κ3) is 1.32. The van der Waals surface area contributed by atoms with E-state index >= 15 is 0 Å². The summed E-state index contributed by atoms with van der Waals surface area (Å²) >= 11 is 0. The summed E-state index contributed by atoms with van der Waals surface area (Å²) in [5, 5.41) is 0. The van der Waals surface area contributed by atoms with Crippen molar-refractivity contribution in [3.8, 4) is 0 Å². The van der Waals surface area contributed by atoms with Gasteiger partial charge in [0.1, 0.15) is 0 Å². The summed E-state index contributed by atoms with van der Waals surface area (Å²) in [5.41, 5.74) is 5.96. The number of hydrazine groups is 1. The third-order valence-corrected chi connectivity index (χ3v) is 2.73. The molecular formula is C9H12N2O2. The molecule has 1 saturated heterocycles. The summed E-state index contributed by atoms with van der Waals surface area (Å²) in [6.07, 6.45) is 3.44. The Morgan fingerprint density at radius 1 is 1.23 bits per heavy atom. The van der Waals surface area contributed by atoms with Crippen molar-refractivity contribution in [1.82, 2.24) is 10.9 Å². The minimum Gasteiger partial charge on any atom is -0.273 e. The molecule has 4 nitrogen and oxygen atoms in total. The van der Waals surface area contributed by atoms with Gasteiger partial charge in [-0.2, -0.15) is 0 Å². The lowest BCUT2D eigenvalue weighted by atomic mass is 9.78. The first-order chi connectivity index (χ1) is 6.18. The first-order valence-corrected chi connectivity index (χ1v) is 4.44. The molecule has 1 fully saturated rings. The molecule has 2 aliphatic rings. The van der Waals surface area contributed by atoms with Crippen LogP contribution in [0.3, 0.4) is 0 Å². The Hall–Kier alpha value is -1.32.